The topological polar surface area (TPSA) is 83.9 Å². The molecule has 1 atom stereocenters. The number of aliphatic hydroxyl groups excluding tert-OH is 1. The van der Waals surface area contributed by atoms with E-state index in [1.54, 1.807) is 32.9 Å². The Hall–Kier alpha value is -2.04. The van der Waals surface area contributed by atoms with E-state index in [1.807, 2.05) is 6.92 Å². The van der Waals surface area contributed by atoms with Gasteiger partial charge in [0.2, 0.25) is 0 Å². The molecule has 1 aromatic carbocycles. The Balaban J connectivity index is 3.08. The molecule has 26 heavy (non-hydrogen) atoms. The summed E-state index contributed by atoms with van der Waals surface area (Å²) in [6, 6.07) is 6.25. The van der Waals surface area contributed by atoms with E-state index in [2.05, 4.69) is 5.92 Å². The van der Waals surface area contributed by atoms with Gasteiger partial charge >= 0.3 is 6.09 Å². The van der Waals surface area contributed by atoms with E-state index in [0.29, 0.717) is 12.8 Å². The van der Waals surface area contributed by atoms with Crippen molar-refractivity contribution in [2.75, 3.05) is 13.2 Å². The Labute approximate surface area is 156 Å². The largest absolute Gasteiger partial charge is 0.443 e. The van der Waals surface area contributed by atoms with Crippen LogP contribution in [-0.4, -0.2) is 42.7 Å². The van der Waals surface area contributed by atoms with Crippen LogP contribution in [0.25, 0.3) is 0 Å². The summed E-state index contributed by atoms with van der Waals surface area (Å²) in [5.41, 5.74) is 0.0810. The lowest BCUT2D eigenvalue weighted by molar-refractivity contribution is 0.0388. The molecule has 0 aliphatic carbocycles. The van der Waals surface area contributed by atoms with E-state index in [4.69, 9.17) is 16.3 Å². The standard InChI is InChI=1S/C19H27NO5S/c1-6-16(14-21)8-7-13-20(18(22)25-19(3,4)5)26(23,24)17-11-9-15(2)10-12-17/h1,9-12,16,21H,7-8,13-14H2,2-5H3. The van der Waals surface area contributed by atoms with E-state index >= 15 is 0 Å². The Bertz CT molecular complexity index is 742. The van der Waals surface area contributed by atoms with Crippen molar-refractivity contribution in [2.45, 2.75) is 51.0 Å². The number of sulfonamides is 1. The number of nitrogens with zero attached hydrogens (tertiary/aromatic N) is 1. The summed E-state index contributed by atoms with van der Waals surface area (Å²) in [5, 5.41) is 9.15. The van der Waals surface area contributed by atoms with Crippen molar-refractivity contribution in [3.05, 3.63) is 29.8 Å². The number of benzene rings is 1. The third kappa shape index (κ3) is 6.36. The number of hydrogen-bond acceptors (Lipinski definition) is 5. The Morgan fingerprint density at radius 1 is 1.31 bits per heavy atom. The van der Waals surface area contributed by atoms with Crippen molar-refractivity contribution in [1.82, 2.24) is 4.31 Å². The second-order valence-electron chi connectivity index (χ2n) is 7.06. The van der Waals surface area contributed by atoms with Crippen LogP contribution in [0.2, 0.25) is 0 Å². The summed E-state index contributed by atoms with van der Waals surface area (Å²) < 4.78 is 31.8. The molecule has 1 rings (SSSR count). The number of carbonyl (C=O) groups excluding carboxylic acids is 1. The normalized spacial score (nSPS) is 12.9. The van der Waals surface area contributed by atoms with Crippen LogP contribution in [0.15, 0.2) is 29.2 Å². The van der Waals surface area contributed by atoms with Crippen molar-refractivity contribution in [1.29, 1.82) is 0 Å². The average molecular weight is 381 g/mol. The lowest BCUT2D eigenvalue weighted by Gasteiger charge is -2.27. The first kappa shape index (κ1) is 22.0. The van der Waals surface area contributed by atoms with Gasteiger partial charge in [-0.05, 0) is 52.7 Å². The van der Waals surface area contributed by atoms with E-state index in [-0.39, 0.29) is 24.0 Å². The third-order valence-corrected chi connectivity index (χ3v) is 5.36. The minimum Gasteiger partial charge on any atom is -0.443 e. The highest BCUT2D eigenvalue weighted by atomic mass is 32.2. The lowest BCUT2D eigenvalue weighted by atomic mass is 10.1. The monoisotopic (exact) mass is 381 g/mol. The summed E-state index contributed by atoms with van der Waals surface area (Å²) in [6.45, 7) is 6.58. The average Bonchev–Trinajstić information content (AvgIpc) is 2.53. The minimum atomic E-state index is -4.06. The van der Waals surface area contributed by atoms with Gasteiger partial charge in [-0.15, -0.1) is 12.3 Å². The first-order valence-corrected chi connectivity index (χ1v) is 9.84. The molecular formula is C19H27NO5S. The van der Waals surface area contributed by atoms with E-state index in [9.17, 15) is 13.2 Å². The number of aryl methyl sites for hydroxylation is 1. The smallest absolute Gasteiger partial charge is 0.424 e. The Kier molecular flexibility index (Phi) is 7.67. The molecule has 0 aliphatic rings. The summed E-state index contributed by atoms with van der Waals surface area (Å²) in [5.74, 6) is 2.06. The Morgan fingerprint density at radius 2 is 1.88 bits per heavy atom. The molecule has 1 unspecified atom stereocenters. The summed E-state index contributed by atoms with van der Waals surface area (Å²) >= 11 is 0. The first-order valence-electron chi connectivity index (χ1n) is 8.40. The lowest BCUT2D eigenvalue weighted by Crippen LogP contribution is -2.41. The molecule has 0 aromatic heterocycles. The maximum atomic E-state index is 12.9. The highest BCUT2D eigenvalue weighted by Crippen LogP contribution is 2.21. The molecule has 1 amide bonds. The third-order valence-electron chi connectivity index (χ3n) is 3.58. The molecule has 1 aromatic rings. The number of aliphatic hydroxyl groups is 1. The van der Waals surface area contributed by atoms with Gasteiger partial charge in [-0.1, -0.05) is 17.7 Å². The Morgan fingerprint density at radius 3 is 2.35 bits per heavy atom. The molecule has 0 radical (unpaired) electrons. The molecular weight excluding hydrogens is 354 g/mol. The molecule has 7 heteroatoms. The maximum Gasteiger partial charge on any atom is 0.424 e. The molecule has 144 valence electrons. The summed E-state index contributed by atoms with van der Waals surface area (Å²) in [7, 11) is -4.06. The number of carbonyl (C=O) groups is 1. The number of terminal acetylenes is 1. The van der Waals surface area contributed by atoms with Gasteiger partial charge < -0.3 is 9.84 Å². The van der Waals surface area contributed by atoms with Crippen LogP contribution < -0.4 is 0 Å². The molecule has 0 aliphatic heterocycles. The highest BCUT2D eigenvalue weighted by Gasteiger charge is 2.32. The van der Waals surface area contributed by atoms with E-state index < -0.39 is 21.7 Å². The molecule has 0 spiro atoms. The maximum absolute atomic E-state index is 12.9. The van der Waals surface area contributed by atoms with Crippen LogP contribution >= 0.6 is 0 Å². The van der Waals surface area contributed by atoms with E-state index in [1.165, 1.54) is 12.1 Å². The molecule has 0 bridgehead atoms. The number of rotatable bonds is 7. The second-order valence-corrected chi connectivity index (χ2v) is 8.92. The van der Waals surface area contributed by atoms with Crippen LogP contribution in [-0.2, 0) is 14.8 Å². The molecule has 0 fully saturated rings. The molecule has 0 saturated heterocycles. The van der Waals surface area contributed by atoms with Crippen molar-refractivity contribution < 1.29 is 23.1 Å². The molecule has 0 saturated carbocycles. The van der Waals surface area contributed by atoms with Crippen LogP contribution in [0.4, 0.5) is 4.79 Å². The van der Waals surface area contributed by atoms with Gasteiger partial charge in [0, 0.05) is 12.5 Å². The SMILES string of the molecule is C#CC(CO)CCCN(C(=O)OC(C)(C)C)S(=O)(=O)c1ccc(C)cc1. The van der Waals surface area contributed by atoms with Gasteiger partial charge in [-0.25, -0.2) is 17.5 Å². The first-order chi connectivity index (χ1) is 12.0. The molecule has 6 nitrogen and oxygen atoms in total. The fraction of sp³-hybridized carbons (Fsp3) is 0.526. The van der Waals surface area contributed by atoms with Gasteiger partial charge in [0.25, 0.3) is 10.0 Å². The quantitative estimate of drug-likeness (QED) is 0.734. The summed E-state index contributed by atoms with van der Waals surface area (Å²) in [6.07, 6.45) is 5.09. The summed E-state index contributed by atoms with van der Waals surface area (Å²) in [4.78, 5) is 12.5. The van der Waals surface area contributed by atoms with Crippen LogP contribution in [0.5, 0.6) is 0 Å². The van der Waals surface area contributed by atoms with Gasteiger partial charge in [-0.2, -0.15) is 0 Å². The van der Waals surface area contributed by atoms with Crippen LogP contribution in [0.1, 0.15) is 39.2 Å². The fourth-order valence-corrected chi connectivity index (χ4v) is 3.51. The van der Waals surface area contributed by atoms with Crippen molar-refractivity contribution in [3.63, 3.8) is 0 Å². The fourth-order valence-electron chi connectivity index (χ4n) is 2.17. The van der Waals surface area contributed by atoms with Gasteiger partial charge in [0.05, 0.1) is 11.5 Å². The number of amides is 1. The van der Waals surface area contributed by atoms with Gasteiger partial charge in [0.15, 0.2) is 0 Å². The zero-order chi connectivity index (χ0) is 20.0. The highest BCUT2D eigenvalue weighted by molar-refractivity contribution is 7.89. The van der Waals surface area contributed by atoms with E-state index in [0.717, 1.165) is 9.87 Å². The van der Waals surface area contributed by atoms with Crippen molar-refractivity contribution in [2.24, 2.45) is 5.92 Å². The zero-order valence-electron chi connectivity index (χ0n) is 15.7. The predicted molar refractivity (Wildman–Crippen MR) is 99.9 cm³/mol. The number of ether oxygens (including phenoxy) is 1. The number of hydrogen-bond donors (Lipinski definition) is 1. The second kappa shape index (κ2) is 9.06. The van der Waals surface area contributed by atoms with Crippen molar-refractivity contribution in [3.8, 4) is 12.3 Å². The van der Waals surface area contributed by atoms with Crippen LogP contribution in [0, 0.1) is 25.2 Å². The minimum absolute atomic E-state index is 0.0182. The van der Waals surface area contributed by atoms with Crippen LogP contribution in [0.3, 0.4) is 0 Å². The van der Waals surface area contributed by atoms with Gasteiger partial charge in [0.1, 0.15) is 5.60 Å². The van der Waals surface area contributed by atoms with Gasteiger partial charge in [-0.3, -0.25) is 0 Å². The predicted octanol–water partition coefficient (Wildman–Crippen LogP) is 2.94. The zero-order valence-corrected chi connectivity index (χ0v) is 16.5. The molecule has 1 N–H and O–H groups in total. The molecule has 0 heterocycles. The van der Waals surface area contributed by atoms with Crippen molar-refractivity contribution >= 4 is 16.1 Å².